The van der Waals surface area contributed by atoms with Gasteiger partial charge >= 0.3 is 12.0 Å². The summed E-state index contributed by atoms with van der Waals surface area (Å²) in [6, 6.07) is -1.47. The van der Waals surface area contributed by atoms with Crippen molar-refractivity contribution in [3.8, 4) is 0 Å². The number of aliphatic hydroxyl groups is 1. The van der Waals surface area contributed by atoms with Gasteiger partial charge < -0.3 is 20.4 Å². The van der Waals surface area contributed by atoms with Crippen molar-refractivity contribution >= 4 is 12.0 Å². The lowest BCUT2D eigenvalue weighted by Crippen LogP contribution is -2.47. The van der Waals surface area contributed by atoms with Crippen LogP contribution in [0, 0.1) is 5.92 Å². The maximum Gasteiger partial charge on any atom is 0.326 e. The number of carboxylic acids is 1. The van der Waals surface area contributed by atoms with Crippen molar-refractivity contribution in [1.29, 1.82) is 0 Å². The van der Waals surface area contributed by atoms with E-state index >= 15 is 0 Å². The Morgan fingerprint density at radius 3 is 2.31 bits per heavy atom. The molecule has 3 N–H and O–H groups in total. The van der Waals surface area contributed by atoms with Gasteiger partial charge in [0, 0.05) is 26.6 Å². The van der Waals surface area contributed by atoms with Gasteiger partial charge in [0.15, 0.2) is 0 Å². The van der Waals surface area contributed by atoms with Gasteiger partial charge in [0.2, 0.25) is 0 Å². The average molecular weight is 232 g/mol. The number of carboxylic acid groups (broad SMARTS) is 1. The van der Waals surface area contributed by atoms with Gasteiger partial charge in [-0.05, 0) is 5.92 Å². The number of amides is 2. The molecular weight excluding hydrogens is 212 g/mol. The molecular formula is C10H20N2O4. The van der Waals surface area contributed by atoms with Crippen molar-refractivity contribution in [2.75, 3.05) is 20.2 Å². The van der Waals surface area contributed by atoms with Crippen LogP contribution in [-0.2, 0) is 4.79 Å². The lowest BCUT2D eigenvalue weighted by molar-refractivity contribution is -0.139. The second-order valence-corrected chi connectivity index (χ2v) is 4.13. The summed E-state index contributed by atoms with van der Waals surface area (Å²) >= 11 is 0. The summed E-state index contributed by atoms with van der Waals surface area (Å²) in [4.78, 5) is 23.7. The molecule has 0 aliphatic rings. The highest BCUT2D eigenvalue weighted by Gasteiger charge is 2.21. The lowest BCUT2D eigenvalue weighted by atomic mass is 10.2. The van der Waals surface area contributed by atoms with Crippen molar-refractivity contribution in [1.82, 2.24) is 10.2 Å². The Morgan fingerprint density at radius 1 is 1.38 bits per heavy atom. The molecule has 0 aromatic heterocycles. The standard InChI is InChI=1S/C10H20N2O4/c1-7(2)6-12(3)10(16)11-8(4-5-13)9(14)15/h7-8,13H,4-6H2,1-3H3,(H,11,16)(H,14,15)/t8-/m0/s1. The maximum atomic E-state index is 11.5. The summed E-state index contributed by atoms with van der Waals surface area (Å²) in [6.07, 6.45) is 0.0105. The molecule has 6 heteroatoms. The Kier molecular flexibility index (Phi) is 6.48. The third-order valence-electron chi connectivity index (χ3n) is 2.00. The van der Waals surface area contributed by atoms with E-state index in [-0.39, 0.29) is 13.0 Å². The van der Waals surface area contributed by atoms with E-state index in [0.29, 0.717) is 12.5 Å². The molecule has 0 heterocycles. The molecule has 2 amide bonds. The van der Waals surface area contributed by atoms with Crippen LogP contribution in [0.3, 0.4) is 0 Å². The molecule has 0 bridgehead atoms. The van der Waals surface area contributed by atoms with Crippen LogP contribution < -0.4 is 5.32 Å². The number of carbonyl (C=O) groups is 2. The average Bonchev–Trinajstić information content (AvgIpc) is 2.15. The topological polar surface area (TPSA) is 89.9 Å². The van der Waals surface area contributed by atoms with Crippen LogP contribution >= 0.6 is 0 Å². The van der Waals surface area contributed by atoms with E-state index < -0.39 is 18.0 Å². The van der Waals surface area contributed by atoms with Crippen LogP contribution in [0.5, 0.6) is 0 Å². The summed E-state index contributed by atoms with van der Waals surface area (Å²) in [5.74, 6) is -0.822. The normalized spacial score (nSPS) is 12.3. The molecule has 0 saturated heterocycles. The van der Waals surface area contributed by atoms with Crippen LogP contribution in [0.25, 0.3) is 0 Å². The first-order chi connectivity index (χ1) is 7.38. The fraction of sp³-hybridized carbons (Fsp3) is 0.800. The van der Waals surface area contributed by atoms with Crippen molar-refractivity contribution in [3.05, 3.63) is 0 Å². The molecule has 0 aromatic carbocycles. The summed E-state index contributed by atoms with van der Waals surface area (Å²) in [5, 5.41) is 19.8. The first kappa shape index (κ1) is 14.7. The summed E-state index contributed by atoms with van der Waals surface area (Å²) in [5.41, 5.74) is 0. The number of hydrogen-bond acceptors (Lipinski definition) is 3. The summed E-state index contributed by atoms with van der Waals surface area (Å²) < 4.78 is 0. The number of carbonyl (C=O) groups excluding carboxylic acids is 1. The van der Waals surface area contributed by atoms with Gasteiger partial charge in [-0.3, -0.25) is 0 Å². The molecule has 1 atom stereocenters. The minimum absolute atomic E-state index is 0.0105. The minimum Gasteiger partial charge on any atom is -0.480 e. The highest BCUT2D eigenvalue weighted by Crippen LogP contribution is 1.98. The zero-order chi connectivity index (χ0) is 12.7. The van der Waals surface area contributed by atoms with E-state index in [0.717, 1.165) is 0 Å². The largest absolute Gasteiger partial charge is 0.480 e. The Hall–Kier alpha value is -1.30. The van der Waals surface area contributed by atoms with Crippen molar-refractivity contribution in [3.63, 3.8) is 0 Å². The monoisotopic (exact) mass is 232 g/mol. The molecule has 6 nitrogen and oxygen atoms in total. The van der Waals surface area contributed by atoms with Gasteiger partial charge in [0.05, 0.1) is 0 Å². The van der Waals surface area contributed by atoms with E-state index in [9.17, 15) is 9.59 Å². The van der Waals surface area contributed by atoms with Crippen molar-refractivity contribution in [2.45, 2.75) is 26.3 Å². The molecule has 0 aliphatic carbocycles. The Balaban J connectivity index is 4.23. The maximum absolute atomic E-state index is 11.5. The van der Waals surface area contributed by atoms with Crippen LogP contribution in [0.2, 0.25) is 0 Å². The van der Waals surface area contributed by atoms with Gasteiger partial charge in [0.1, 0.15) is 6.04 Å². The quantitative estimate of drug-likeness (QED) is 0.606. The van der Waals surface area contributed by atoms with Gasteiger partial charge in [-0.2, -0.15) is 0 Å². The van der Waals surface area contributed by atoms with E-state index in [1.165, 1.54) is 4.90 Å². The van der Waals surface area contributed by atoms with Gasteiger partial charge in [0.25, 0.3) is 0 Å². The summed E-state index contributed by atoms with van der Waals surface area (Å²) in [7, 11) is 1.60. The number of rotatable bonds is 6. The number of hydrogen-bond donors (Lipinski definition) is 3. The molecule has 0 aliphatic heterocycles. The van der Waals surface area contributed by atoms with Crippen LogP contribution in [0.1, 0.15) is 20.3 Å². The summed E-state index contributed by atoms with van der Waals surface area (Å²) in [6.45, 7) is 4.21. The van der Waals surface area contributed by atoms with Crippen molar-refractivity contribution in [2.24, 2.45) is 5.92 Å². The van der Waals surface area contributed by atoms with Gasteiger partial charge in [-0.15, -0.1) is 0 Å². The number of nitrogens with one attached hydrogen (secondary N) is 1. The highest BCUT2D eigenvalue weighted by atomic mass is 16.4. The Labute approximate surface area is 95.2 Å². The zero-order valence-corrected chi connectivity index (χ0v) is 9.93. The predicted octanol–water partition coefficient (Wildman–Crippen LogP) is 0.119. The molecule has 0 spiro atoms. The first-order valence-corrected chi connectivity index (χ1v) is 5.23. The molecule has 0 aromatic rings. The molecule has 0 saturated carbocycles. The third kappa shape index (κ3) is 5.55. The minimum atomic E-state index is -1.14. The fourth-order valence-electron chi connectivity index (χ4n) is 1.28. The number of aliphatic carboxylic acids is 1. The van der Waals surface area contributed by atoms with E-state index in [2.05, 4.69) is 5.32 Å². The molecule has 0 unspecified atom stereocenters. The Bertz CT molecular complexity index is 243. The van der Waals surface area contributed by atoms with E-state index in [1.54, 1.807) is 7.05 Å². The predicted molar refractivity (Wildman–Crippen MR) is 59.1 cm³/mol. The molecule has 16 heavy (non-hydrogen) atoms. The molecule has 94 valence electrons. The number of aliphatic hydroxyl groups excluding tert-OH is 1. The number of nitrogens with zero attached hydrogens (tertiary/aromatic N) is 1. The zero-order valence-electron chi connectivity index (χ0n) is 9.93. The number of urea groups is 1. The van der Waals surface area contributed by atoms with Crippen LogP contribution in [0.15, 0.2) is 0 Å². The second kappa shape index (κ2) is 7.05. The smallest absolute Gasteiger partial charge is 0.326 e. The molecule has 0 rings (SSSR count). The van der Waals surface area contributed by atoms with Crippen LogP contribution in [0.4, 0.5) is 4.79 Å². The molecule has 0 radical (unpaired) electrons. The Morgan fingerprint density at radius 2 is 1.94 bits per heavy atom. The van der Waals surface area contributed by atoms with Crippen LogP contribution in [-0.4, -0.2) is 53.4 Å². The fourth-order valence-corrected chi connectivity index (χ4v) is 1.28. The van der Waals surface area contributed by atoms with Crippen molar-refractivity contribution < 1.29 is 19.8 Å². The highest BCUT2D eigenvalue weighted by molar-refractivity contribution is 5.82. The third-order valence-corrected chi connectivity index (χ3v) is 2.00. The van der Waals surface area contributed by atoms with Gasteiger partial charge in [-0.1, -0.05) is 13.8 Å². The van der Waals surface area contributed by atoms with E-state index in [1.807, 2.05) is 13.8 Å². The SMILES string of the molecule is CC(C)CN(C)C(=O)N[C@@H](CCO)C(=O)O. The second-order valence-electron chi connectivity index (χ2n) is 4.13. The van der Waals surface area contributed by atoms with Gasteiger partial charge in [-0.25, -0.2) is 9.59 Å². The lowest BCUT2D eigenvalue weighted by Gasteiger charge is -2.22. The first-order valence-electron chi connectivity index (χ1n) is 5.23. The van der Waals surface area contributed by atoms with E-state index in [4.69, 9.17) is 10.2 Å². The molecule has 0 fully saturated rings.